The third kappa shape index (κ3) is 5.51. The van der Waals surface area contributed by atoms with Gasteiger partial charge in [0.2, 0.25) is 11.8 Å². The van der Waals surface area contributed by atoms with E-state index in [2.05, 4.69) is 18.8 Å². The summed E-state index contributed by atoms with van der Waals surface area (Å²) in [5.74, 6) is 0.0307. The highest BCUT2D eigenvalue weighted by molar-refractivity contribution is 5.89. The van der Waals surface area contributed by atoms with Crippen molar-refractivity contribution in [1.82, 2.24) is 15.1 Å². The zero-order valence-electron chi connectivity index (χ0n) is 12.4. The lowest BCUT2D eigenvalue weighted by molar-refractivity contribution is -0.140. The van der Waals surface area contributed by atoms with E-state index in [4.69, 9.17) is 0 Å². The molecule has 0 aromatic carbocycles. The number of carbonyl (C=O) groups is 2. The van der Waals surface area contributed by atoms with Crippen LogP contribution in [0.15, 0.2) is 12.7 Å². The Morgan fingerprint density at radius 1 is 1.60 bits per heavy atom. The highest BCUT2D eigenvalue weighted by Gasteiger charge is 2.30. The molecule has 0 aromatic heterocycles. The second kappa shape index (κ2) is 9.77. The summed E-state index contributed by atoms with van der Waals surface area (Å²) < 4.78 is 0. The second-order valence-corrected chi connectivity index (χ2v) is 4.95. The van der Waals surface area contributed by atoms with Crippen LogP contribution in [0.25, 0.3) is 0 Å². The van der Waals surface area contributed by atoms with Gasteiger partial charge in [-0.05, 0) is 6.42 Å². The first kappa shape index (κ1) is 18.9. The lowest BCUT2D eigenvalue weighted by Gasteiger charge is -2.33. The first-order valence-electron chi connectivity index (χ1n) is 6.97. The molecule has 1 fully saturated rings. The van der Waals surface area contributed by atoms with E-state index < -0.39 is 0 Å². The minimum absolute atomic E-state index is 0. The van der Waals surface area contributed by atoms with E-state index in [0.717, 1.165) is 25.9 Å². The van der Waals surface area contributed by atoms with Gasteiger partial charge in [0.25, 0.3) is 0 Å². The number of nitrogens with zero attached hydrogens (tertiary/aromatic N) is 2. The first-order valence-corrected chi connectivity index (χ1v) is 6.97. The fourth-order valence-electron chi connectivity index (χ4n) is 2.14. The topological polar surface area (TPSA) is 52.7 Å². The van der Waals surface area contributed by atoms with Crippen molar-refractivity contribution >= 4 is 24.2 Å². The average molecular weight is 304 g/mol. The second-order valence-electron chi connectivity index (χ2n) is 4.95. The quantitative estimate of drug-likeness (QED) is 0.715. The molecule has 5 nitrogen and oxygen atoms in total. The van der Waals surface area contributed by atoms with Crippen LogP contribution in [0.2, 0.25) is 0 Å². The third-order valence-corrected chi connectivity index (χ3v) is 3.38. The van der Waals surface area contributed by atoms with Gasteiger partial charge in [-0.2, -0.15) is 0 Å². The fourth-order valence-corrected chi connectivity index (χ4v) is 2.14. The summed E-state index contributed by atoms with van der Waals surface area (Å²) in [5.41, 5.74) is 0. The van der Waals surface area contributed by atoms with Crippen molar-refractivity contribution in [3.63, 3.8) is 0 Å². The average Bonchev–Trinajstić information content (AvgIpc) is 2.40. The van der Waals surface area contributed by atoms with Crippen LogP contribution in [-0.4, -0.2) is 60.9 Å². The number of amides is 2. The predicted molar refractivity (Wildman–Crippen MR) is 83.0 cm³/mol. The molecule has 0 saturated carbocycles. The Labute approximate surface area is 127 Å². The zero-order chi connectivity index (χ0) is 14.3. The van der Waals surface area contributed by atoms with Crippen molar-refractivity contribution in [2.75, 3.05) is 33.2 Å². The molecule has 116 valence electrons. The molecule has 2 amide bonds. The van der Waals surface area contributed by atoms with Crippen LogP contribution < -0.4 is 5.32 Å². The van der Waals surface area contributed by atoms with Crippen molar-refractivity contribution < 1.29 is 9.59 Å². The van der Waals surface area contributed by atoms with Crippen LogP contribution in [0.4, 0.5) is 0 Å². The van der Waals surface area contributed by atoms with E-state index in [1.807, 2.05) is 0 Å². The van der Waals surface area contributed by atoms with Crippen molar-refractivity contribution in [1.29, 1.82) is 0 Å². The smallest absolute Gasteiger partial charge is 0.240 e. The summed E-state index contributed by atoms with van der Waals surface area (Å²) in [6.07, 6.45) is 4.02. The van der Waals surface area contributed by atoms with Gasteiger partial charge in [-0.25, -0.2) is 0 Å². The maximum absolute atomic E-state index is 12.1. The van der Waals surface area contributed by atoms with Gasteiger partial charge >= 0.3 is 0 Å². The molecule has 0 spiro atoms. The fraction of sp³-hybridized carbons (Fsp3) is 0.714. The monoisotopic (exact) mass is 303 g/mol. The van der Waals surface area contributed by atoms with Crippen molar-refractivity contribution in [3.05, 3.63) is 12.7 Å². The molecule has 1 aliphatic heterocycles. The summed E-state index contributed by atoms with van der Waals surface area (Å²) in [6.45, 7) is 8.47. The number of unbranched alkanes of at least 4 members (excludes halogenated alkanes) is 1. The molecule has 0 aromatic rings. The van der Waals surface area contributed by atoms with E-state index >= 15 is 0 Å². The molecule has 0 radical (unpaired) electrons. The molecular weight excluding hydrogens is 278 g/mol. The SMILES string of the molecule is C=CCN1CCNC(CC(=O)N(C)CCCC)C1=O.Cl. The number of hydrogen-bond acceptors (Lipinski definition) is 3. The lowest BCUT2D eigenvalue weighted by atomic mass is 10.1. The number of rotatable bonds is 7. The molecule has 0 bridgehead atoms. The number of halogens is 1. The Morgan fingerprint density at radius 2 is 2.30 bits per heavy atom. The van der Waals surface area contributed by atoms with Gasteiger partial charge in [-0.15, -0.1) is 19.0 Å². The normalized spacial score (nSPS) is 18.4. The van der Waals surface area contributed by atoms with Crippen LogP contribution >= 0.6 is 12.4 Å². The summed E-state index contributed by atoms with van der Waals surface area (Å²) in [6, 6.07) is -0.384. The van der Waals surface area contributed by atoms with Gasteiger partial charge in [0.1, 0.15) is 0 Å². The molecule has 1 aliphatic rings. The van der Waals surface area contributed by atoms with E-state index in [9.17, 15) is 9.59 Å². The van der Waals surface area contributed by atoms with Crippen LogP contribution in [0.5, 0.6) is 0 Å². The van der Waals surface area contributed by atoms with Crippen molar-refractivity contribution in [2.45, 2.75) is 32.2 Å². The Morgan fingerprint density at radius 3 is 2.90 bits per heavy atom. The molecule has 20 heavy (non-hydrogen) atoms. The van der Waals surface area contributed by atoms with Crippen LogP contribution in [0, 0.1) is 0 Å². The van der Waals surface area contributed by atoms with Gasteiger partial charge in [-0.1, -0.05) is 19.4 Å². The van der Waals surface area contributed by atoms with E-state index in [1.165, 1.54) is 0 Å². The molecule has 1 N–H and O–H groups in total. The van der Waals surface area contributed by atoms with Gasteiger partial charge in [0.05, 0.1) is 12.5 Å². The minimum Gasteiger partial charge on any atom is -0.346 e. The molecule has 1 unspecified atom stereocenters. The largest absolute Gasteiger partial charge is 0.346 e. The highest BCUT2D eigenvalue weighted by atomic mass is 35.5. The lowest BCUT2D eigenvalue weighted by Crippen LogP contribution is -2.56. The number of hydrogen-bond donors (Lipinski definition) is 1. The first-order chi connectivity index (χ1) is 9.10. The zero-order valence-corrected chi connectivity index (χ0v) is 13.2. The molecule has 6 heteroatoms. The third-order valence-electron chi connectivity index (χ3n) is 3.38. The maximum atomic E-state index is 12.1. The van der Waals surface area contributed by atoms with E-state index in [-0.39, 0.29) is 36.7 Å². The Bertz CT molecular complexity index is 336. The van der Waals surface area contributed by atoms with Crippen LogP contribution in [0.1, 0.15) is 26.2 Å². The Balaban J connectivity index is 0.00000361. The number of nitrogens with one attached hydrogen (secondary N) is 1. The molecule has 0 aliphatic carbocycles. The molecule has 1 heterocycles. The van der Waals surface area contributed by atoms with Crippen molar-refractivity contribution in [3.8, 4) is 0 Å². The molecular formula is C14H26ClN3O2. The van der Waals surface area contributed by atoms with E-state index in [1.54, 1.807) is 22.9 Å². The molecule has 1 saturated heterocycles. The molecule has 1 atom stereocenters. The standard InChI is InChI=1S/C14H25N3O2.ClH/c1-4-6-9-16(3)13(18)11-12-14(19)17(8-5-2)10-7-15-12;/h5,12,15H,2,4,6-11H2,1,3H3;1H. The Kier molecular flexibility index (Phi) is 9.25. The maximum Gasteiger partial charge on any atom is 0.240 e. The van der Waals surface area contributed by atoms with Gasteiger partial charge in [-0.3, -0.25) is 9.59 Å². The predicted octanol–water partition coefficient (Wildman–Crippen LogP) is 1.04. The van der Waals surface area contributed by atoms with Gasteiger partial charge in [0, 0.05) is 33.2 Å². The highest BCUT2D eigenvalue weighted by Crippen LogP contribution is 2.07. The summed E-state index contributed by atoms with van der Waals surface area (Å²) >= 11 is 0. The number of piperazine rings is 1. The number of carbonyl (C=O) groups excluding carboxylic acids is 2. The molecule has 1 rings (SSSR count). The van der Waals surface area contributed by atoms with Crippen LogP contribution in [0.3, 0.4) is 0 Å². The summed E-state index contributed by atoms with van der Waals surface area (Å²) in [5, 5.41) is 3.13. The minimum atomic E-state index is -0.384. The van der Waals surface area contributed by atoms with Gasteiger partial charge in [0.15, 0.2) is 0 Å². The van der Waals surface area contributed by atoms with Gasteiger partial charge < -0.3 is 15.1 Å². The van der Waals surface area contributed by atoms with Crippen molar-refractivity contribution in [2.24, 2.45) is 0 Å². The van der Waals surface area contributed by atoms with Crippen LogP contribution in [-0.2, 0) is 9.59 Å². The Hall–Kier alpha value is -1.07. The summed E-state index contributed by atoms with van der Waals surface area (Å²) in [7, 11) is 1.80. The van der Waals surface area contributed by atoms with E-state index in [0.29, 0.717) is 13.1 Å². The summed E-state index contributed by atoms with van der Waals surface area (Å²) in [4.78, 5) is 27.6.